The van der Waals surface area contributed by atoms with E-state index in [1.807, 2.05) is 0 Å². The number of carbonyl (C=O) groups is 3. The van der Waals surface area contributed by atoms with Gasteiger partial charge in [-0.25, -0.2) is 0 Å². The van der Waals surface area contributed by atoms with Crippen LogP contribution in [0.2, 0.25) is 0 Å². The van der Waals surface area contributed by atoms with Gasteiger partial charge in [0.05, 0.1) is 0 Å². The molecule has 74 heavy (non-hydrogen) atoms. The maximum absolute atomic E-state index is 12.9. The number of allylic oxidation sites excluding steroid dienone is 4. The molecular weight excluding hydrogens is 913 g/mol. The molecule has 0 amide bonds. The average molecular weight is 1040 g/mol. The second-order valence-corrected chi connectivity index (χ2v) is 22.7. The van der Waals surface area contributed by atoms with Crippen molar-refractivity contribution in [3.8, 4) is 0 Å². The van der Waals surface area contributed by atoms with E-state index in [-0.39, 0.29) is 31.1 Å². The van der Waals surface area contributed by atoms with Crippen LogP contribution in [-0.4, -0.2) is 37.2 Å². The Hall–Kier alpha value is -2.11. The highest BCUT2D eigenvalue weighted by Crippen LogP contribution is 2.18. The number of esters is 3. The molecule has 1 unspecified atom stereocenters. The van der Waals surface area contributed by atoms with Gasteiger partial charge in [0.15, 0.2) is 6.10 Å². The molecule has 1 atom stereocenters. The van der Waals surface area contributed by atoms with Crippen LogP contribution in [0.4, 0.5) is 0 Å². The van der Waals surface area contributed by atoms with E-state index < -0.39 is 6.10 Å². The Morgan fingerprint density at radius 3 is 0.676 bits per heavy atom. The first-order valence-electron chi connectivity index (χ1n) is 33.3. The van der Waals surface area contributed by atoms with E-state index in [0.29, 0.717) is 19.3 Å². The highest BCUT2D eigenvalue weighted by Gasteiger charge is 2.19. The second-order valence-electron chi connectivity index (χ2n) is 22.7. The van der Waals surface area contributed by atoms with E-state index in [1.54, 1.807) is 0 Å². The fourth-order valence-corrected chi connectivity index (χ4v) is 10.1. The Morgan fingerprint density at radius 1 is 0.257 bits per heavy atom. The maximum atomic E-state index is 12.9. The minimum absolute atomic E-state index is 0.0683. The van der Waals surface area contributed by atoms with E-state index in [1.165, 1.54) is 276 Å². The van der Waals surface area contributed by atoms with Crippen molar-refractivity contribution >= 4 is 17.9 Å². The summed E-state index contributed by atoms with van der Waals surface area (Å²) in [5.41, 5.74) is 0. The molecule has 0 aliphatic rings. The molecule has 0 bridgehead atoms. The summed E-state index contributed by atoms with van der Waals surface area (Å²) in [4.78, 5) is 38.4. The van der Waals surface area contributed by atoms with E-state index in [2.05, 4.69) is 45.1 Å². The fourth-order valence-electron chi connectivity index (χ4n) is 10.1. The van der Waals surface area contributed by atoms with Gasteiger partial charge < -0.3 is 14.2 Å². The second kappa shape index (κ2) is 63.4. The van der Waals surface area contributed by atoms with Crippen LogP contribution in [0, 0.1) is 0 Å². The number of hydrogen-bond acceptors (Lipinski definition) is 6. The summed E-state index contributed by atoms with van der Waals surface area (Å²) in [6, 6.07) is 0. The van der Waals surface area contributed by atoms with Gasteiger partial charge in [-0.1, -0.05) is 308 Å². The van der Waals surface area contributed by atoms with Crippen LogP contribution in [0.15, 0.2) is 24.3 Å². The Kier molecular flexibility index (Phi) is 61.6. The lowest BCUT2D eigenvalue weighted by molar-refractivity contribution is -0.167. The van der Waals surface area contributed by atoms with Crippen LogP contribution in [0.1, 0.15) is 374 Å². The van der Waals surface area contributed by atoms with Gasteiger partial charge in [-0.2, -0.15) is 0 Å². The molecule has 0 N–H and O–H groups in total. The zero-order valence-electron chi connectivity index (χ0n) is 50.1. The Balaban J connectivity index is 4.31. The Morgan fingerprint density at radius 2 is 0.446 bits per heavy atom. The lowest BCUT2D eigenvalue weighted by atomic mass is 10.0. The monoisotopic (exact) mass is 1040 g/mol. The molecule has 0 heterocycles. The Labute approximate surface area is 462 Å². The van der Waals surface area contributed by atoms with Crippen LogP contribution in [0.5, 0.6) is 0 Å². The van der Waals surface area contributed by atoms with Crippen molar-refractivity contribution in [3.05, 3.63) is 24.3 Å². The van der Waals surface area contributed by atoms with Gasteiger partial charge in [0.1, 0.15) is 13.2 Å². The first-order valence-corrected chi connectivity index (χ1v) is 33.3. The molecule has 0 aliphatic heterocycles. The van der Waals surface area contributed by atoms with Crippen LogP contribution in [0.3, 0.4) is 0 Å². The van der Waals surface area contributed by atoms with Gasteiger partial charge in [-0.3, -0.25) is 14.4 Å². The molecule has 0 aromatic carbocycles. The van der Waals surface area contributed by atoms with E-state index in [0.717, 1.165) is 57.8 Å². The van der Waals surface area contributed by atoms with Crippen molar-refractivity contribution in [2.45, 2.75) is 380 Å². The van der Waals surface area contributed by atoms with Crippen molar-refractivity contribution in [1.82, 2.24) is 0 Å². The molecule has 0 aromatic heterocycles. The lowest BCUT2D eigenvalue weighted by Gasteiger charge is -2.18. The van der Waals surface area contributed by atoms with Gasteiger partial charge in [-0.15, -0.1) is 0 Å². The first-order chi connectivity index (χ1) is 36.5. The van der Waals surface area contributed by atoms with Crippen molar-refractivity contribution in [2.24, 2.45) is 0 Å². The highest BCUT2D eigenvalue weighted by atomic mass is 16.6. The minimum Gasteiger partial charge on any atom is -0.462 e. The smallest absolute Gasteiger partial charge is 0.306 e. The van der Waals surface area contributed by atoms with Crippen molar-refractivity contribution < 1.29 is 28.6 Å². The predicted molar refractivity (Wildman–Crippen MR) is 321 cm³/mol. The molecule has 0 rings (SSSR count). The molecule has 436 valence electrons. The van der Waals surface area contributed by atoms with Crippen molar-refractivity contribution in [1.29, 1.82) is 0 Å². The van der Waals surface area contributed by atoms with E-state index >= 15 is 0 Å². The van der Waals surface area contributed by atoms with Gasteiger partial charge >= 0.3 is 17.9 Å². The average Bonchev–Trinajstić information content (AvgIpc) is 3.40. The molecule has 6 heteroatoms. The fraction of sp³-hybridized carbons (Fsp3) is 0.897. The molecule has 0 aliphatic carbocycles. The molecule has 6 nitrogen and oxygen atoms in total. The minimum atomic E-state index is -0.772. The summed E-state index contributed by atoms with van der Waals surface area (Å²) in [6.45, 7) is 6.71. The van der Waals surface area contributed by atoms with Crippen molar-refractivity contribution in [2.75, 3.05) is 13.2 Å². The summed E-state index contributed by atoms with van der Waals surface area (Å²) in [5.74, 6) is -0.846. The van der Waals surface area contributed by atoms with Gasteiger partial charge in [0.2, 0.25) is 0 Å². The SMILES string of the molecule is CCCCCCCCC/C=C\CCCCCCCCCC(=O)OC(COC(=O)CCCCCCCCCCC/C=C\CCCCCCCCCC)COC(=O)CCCCCCCCCCCCCCCCCCC. The summed E-state index contributed by atoms with van der Waals surface area (Å²) in [5, 5.41) is 0. The van der Waals surface area contributed by atoms with Crippen molar-refractivity contribution in [3.63, 3.8) is 0 Å². The standard InChI is InChI=1S/C68H128O6/c1-4-7-10-13-16-19-22-25-28-31-33-34-35-38-40-43-46-49-52-55-58-61-67(70)73-64-65(63-72-66(69)60-57-54-51-48-45-42-39-36-30-27-24-21-18-15-12-9-6-3)74-68(71)62-59-56-53-50-47-44-41-37-32-29-26-23-20-17-14-11-8-5-2/h29,31-33,65H,4-28,30,34-64H2,1-3H3/b32-29-,33-31-. The molecule has 0 radical (unpaired) electrons. The predicted octanol–water partition coefficient (Wildman–Crippen LogP) is 22.6. The number of rotatable bonds is 62. The quantitative estimate of drug-likeness (QED) is 0.0261. The largest absolute Gasteiger partial charge is 0.462 e. The number of carbonyl (C=O) groups excluding carboxylic acids is 3. The summed E-state index contributed by atoms with van der Waals surface area (Å²) < 4.78 is 17.0. The summed E-state index contributed by atoms with van der Waals surface area (Å²) >= 11 is 0. The van der Waals surface area contributed by atoms with Gasteiger partial charge in [-0.05, 0) is 70.6 Å². The molecule has 0 spiro atoms. The zero-order valence-corrected chi connectivity index (χ0v) is 50.1. The molecule has 0 aromatic rings. The van der Waals surface area contributed by atoms with E-state index in [4.69, 9.17) is 14.2 Å². The zero-order chi connectivity index (χ0) is 53.6. The highest BCUT2D eigenvalue weighted by molar-refractivity contribution is 5.71. The topological polar surface area (TPSA) is 78.9 Å². The lowest BCUT2D eigenvalue weighted by Crippen LogP contribution is -2.30. The molecule has 0 saturated heterocycles. The number of hydrogen-bond donors (Lipinski definition) is 0. The molecule has 0 fully saturated rings. The third-order valence-corrected chi connectivity index (χ3v) is 15.2. The first kappa shape index (κ1) is 71.9. The normalized spacial score (nSPS) is 12.1. The maximum Gasteiger partial charge on any atom is 0.306 e. The van der Waals surface area contributed by atoms with Crippen LogP contribution in [0.25, 0.3) is 0 Å². The summed E-state index contributed by atoms with van der Waals surface area (Å²) in [7, 11) is 0. The molecular formula is C68H128O6. The number of unbranched alkanes of at least 4 members (excludes halogenated alkanes) is 47. The van der Waals surface area contributed by atoms with Gasteiger partial charge in [0.25, 0.3) is 0 Å². The third-order valence-electron chi connectivity index (χ3n) is 15.2. The number of ether oxygens (including phenoxy) is 3. The summed E-state index contributed by atoms with van der Waals surface area (Å²) in [6.07, 6.45) is 76.1. The van der Waals surface area contributed by atoms with E-state index in [9.17, 15) is 14.4 Å². The van der Waals surface area contributed by atoms with Crippen LogP contribution < -0.4 is 0 Å². The van der Waals surface area contributed by atoms with Crippen LogP contribution >= 0.6 is 0 Å². The Bertz CT molecular complexity index is 1190. The van der Waals surface area contributed by atoms with Gasteiger partial charge in [0, 0.05) is 19.3 Å². The third kappa shape index (κ3) is 60.8. The van der Waals surface area contributed by atoms with Crippen LogP contribution in [-0.2, 0) is 28.6 Å². The molecule has 0 saturated carbocycles.